The predicted octanol–water partition coefficient (Wildman–Crippen LogP) is 1.11. The summed E-state index contributed by atoms with van der Waals surface area (Å²) in [6, 6.07) is 0. The highest BCUT2D eigenvalue weighted by atomic mass is 35.5. The molecule has 0 aromatic heterocycles. The first kappa shape index (κ1) is 40.8. The van der Waals surface area contributed by atoms with Gasteiger partial charge in [-0.25, -0.2) is 13.3 Å². The topological polar surface area (TPSA) is 138 Å². The van der Waals surface area contributed by atoms with E-state index in [0.717, 1.165) is 0 Å². The number of sulfone groups is 1. The molecule has 41 heavy (non-hydrogen) atoms. The predicted molar refractivity (Wildman–Crippen MR) is 156 cm³/mol. The van der Waals surface area contributed by atoms with E-state index in [2.05, 4.69) is 4.84 Å². The summed E-state index contributed by atoms with van der Waals surface area (Å²) in [5.41, 5.74) is -0.433. The summed E-state index contributed by atoms with van der Waals surface area (Å²) in [6.07, 6.45) is 0.430. The van der Waals surface area contributed by atoms with Crippen molar-refractivity contribution in [2.75, 3.05) is 144 Å². The van der Waals surface area contributed by atoms with E-state index >= 15 is 0 Å². The van der Waals surface area contributed by atoms with E-state index in [0.29, 0.717) is 125 Å². The van der Waals surface area contributed by atoms with Crippen LogP contribution in [0.1, 0.15) is 20.3 Å². The van der Waals surface area contributed by atoms with Crippen LogP contribution in [0.15, 0.2) is 0 Å². The molecule has 0 atom stereocenters. The van der Waals surface area contributed by atoms with Crippen molar-refractivity contribution in [3.63, 3.8) is 0 Å². The first-order chi connectivity index (χ1) is 19.8. The minimum absolute atomic E-state index is 0.0201. The average molecular weight is 640 g/mol. The fraction of sp³-hybridized carbons (Fsp3) is 1.00. The van der Waals surface area contributed by atoms with Gasteiger partial charge in [0, 0.05) is 12.6 Å². The summed E-state index contributed by atoms with van der Waals surface area (Å²) in [7, 11) is -1.54. The molecule has 0 spiro atoms. The number of hydrogen-bond acceptors (Lipinski definition) is 13. The third-order valence-corrected chi connectivity index (χ3v) is 7.37. The molecule has 0 heterocycles. The smallest absolute Gasteiger partial charge is 0.152 e. The molecule has 0 aromatic carbocycles. The Balaban J connectivity index is 3.20. The minimum atomic E-state index is -3.18. The second-order valence-electron chi connectivity index (χ2n) is 9.38. The van der Waals surface area contributed by atoms with Gasteiger partial charge in [0.1, 0.15) is 0 Å². The molecule has 248 valence electrons. The molecule has 0 rings (SSSR count). The molecule has 0 aliphatic carbocycles. The molecule has 0 aliphatic heterocycles. The lowest BCUT2D eigenvalue weighted by atomic mass is 10.0. The maximum Gasteiger partial charge on any atom is 0.152 e. The van der Waals surface area contributed by atoms with Crippen LogP contribution >= 0.6 is 11.8 Å². The van der Waals surface area contributed by atoms with Crippen molar-refractivity contribution >= 4 is 21.6 Å². The van der Waals surface area contributed by atoms with Gasteiger partial charge in [-0.3, -0.25) is 0 Å². The van der Waals surface area contributed by atoms with Crippen molar-refractivity contribution in [2.45, 2.75) is 25.8 Å². The third kappa shape index (κ3) is 32.5. The van der Waals surface area contributed by atoms with E-state index in [4.69, 9.17) is 59.1 Å². The Morgan fingerprint density at radius 2 is 0.756 bits per heavy atom. The standard InChI is InChI=1S/C26H54ClNO12S/c1-26(2,28-27)4-24-41(29,30)25-23-40-22-21-39-20-19-38-18-17-37-16-15-36-14-13-35-12-11-34-10-9-33-8-7-32-6-5-31-3/h28H,4-25H2,1-3H3. The number of halogens is 1. The Labute approximate surface area is 252 Å². The monoisotopic (exact) mass is 639 g/mol. The van der Waals surface area contributed by atoms with Crippen molar-refractivity contribution in [3.8, 4) is 0 Å². The highest BCUT2D eigenvalue weighted by molar-refractivity contribution is 7.91. The van der Waals surface area contributed by atoms with E-state index < -0.39 is 15.4 Å². The molecule has 0 aliphatic rings. The van der Waals surface area contributed by atoms with Gasteiger partial charge in [0.2, 0.25) is 0 Å². The molecule has 0 fully saturated rings. The lowest BCUT2D eigenvalue weighted by Crippen LogP contribution is -2.35. The van der Waals surface area contributed by atoms with Gasteiger partial charge in [-0.2, -0.15) is 0 Å². The molecule has 0 saturated carbocycles. The number of methoxy groups -OCH3 is 1. The summed E-state index contributed by atoms with van der Waals surface area (Å²) in [4.78, 5) is 2.58. The first-order valence-corrected chi connectivity index (χ1v) is 16.3. The van der Waals surface area contributed by atoms with Crippen LogP contribution in [0.5, 0.6) is 0 Å². The molecule has 15 heteroatoms. The van der Waals surface area contributed by atoms with E-state index in [1.54, 1.807) is 7.11 Å². The zero-order valence-corrected chi connectivity index (χ0v) is 26.8. The molecule has 1 N–H and O–H groups in total. The second kappa shape index (κ2) is 29.9. The Morgan fingerprint density at radius 3 is 1.02 bits per heavy atom. The van der Waals surface area contributed by atoms with Gasteiger partial charge in [-0.1, -0.05) is 0 Å². The molecular formula is C26H54ClNO12S. The van der Waals surface area contributed by atoms with Crippen LogP contribution in [0.2, 0.25) is 0 Å². The maximum absolute atomic E-state index is 12.0. The van der Waals surface area contributed by atoms with Crippen LogP contribution < -0.4 is 4.84 Å². The molecule has 13 nitrogen and oxygen atoms in total. The minimum Gasteiger partial charge on any atom is -0.382 e. The summed E-state index contributed by atoms with van der Waals surface area (Å²) >= 11 is 5.60. The number of hydrogen-bond donors (Lipinski definition) is 1. The number of rotatable bonds is 34. The lowest BCUT2D eigenvalue weighted by molar-refractivity contribution is -0.0256. The van der Waals surface area contributed by atoms with Gasteiger partial charge in [-0.05, 0) is 32.0 Å². The van der Waals surface area contributed by atoms with Gasteiger partial charge in [0.15, 0.2) is 9.84 Å². The fourth-order valence-electron chi connectivity index (χ4n) is 2.75. The SMILES string of the molecule is COCCOCCOCCOCCOCCOCCOCCOCCOCCOCCS(=O)(=O)CCC(C)(C)NCl. The van der Waals surface area contributed by atoms with Crippen LogP contribution in [0.3, 0.4) is 0 Å². The highest BCUT2D eigenvalue weighted by Gasteiger charge is 2.20. The molecule has 0 bridgehead atoms. The zero-order chi connectivity index (χ0) is 30.3. The van der Waals surface area contributed by atoms with Crippen molar-refractivity contribution in [3.05, 3.63) is 0 Å². The molecule has 0 unspecified atom stereocenters. The lowest BCUT2D eigenvalue weighted by Gasteiger charge is -2.21. The zero-order valence-electron chi connectivity index (χ0n) is 25.2. The van der Waals surface area contributed by atoms with E-state index in [-0.39, 0.29) is 18.1 Å². The maximum atomic E-state index is 12.0. The Kier molecular flexibility index (Phi) is 29.7. The molecule has 0 saturated heterocycles. The van der Waals surface area contributed by atoms with E-state index in [1.807, 2.05) is 13.8 Å². The van der Waals surface area contributed by atoms with E-state index in [9.17, 15) is 8.42 Å². The molecule has 0 aromatic rings. The fourth-order valence-corrected chi connectivity index (χ4v) is 4.24. The van der Waals surface area contributed by atoms with Crippen molar-refractivity contribution in [2.24, 2.45) is 0 Å². The van der Waals surface area contributed by atoms with Crippen LogP contribution in [-0.4, -0.2) is 158 Å². The van der Waals surface area contributed by atoms with Crippen LogP contribution in [0.4, 0.5) is 0 Å². The first-order valence-electron chi connectivity index (χ1n) is 14.1. The number of ether oxygens (including phenoxy) is 10. The van der Waals surface area contributed by atoms with Gasteiger partial charge in [0.05, 0.1) is 137 Å². The Hall–Kier alpha value is -0.200. The quantitative estimate of drug-likeness (QED) is 0.0795. The van der Waals surface area contributed by atoms with Crippen LogP contribution in [-0.2, 0) is 57.2 Å². The van der Waals surface area contributed by atoms with Crippen molar-refractivity contribution in [1.82, 2.24) is 4.84 Å². The van der Waals surface area contributed by atoms with Crippen molar-refractivity contribution < 1.29 is 55.8 Å². The van der Waals surface area contributed by atoms with Crippen LogP contribution in [0, 0.1) is 0 Å². The van der Waals surface area contributed by atoms with Crippen molar-refractivity contribution in [1.29, 1.82) is 0 Å². The second-order valence-corrected chi connectivity index (χ2v) is 11.9. The van der Waals surface area contributed by atoms with E-state index in [1.165, 1.54) is 0 Å². The van der Waals surface area contributed by atoms with Gasteiger partial charge in [0.25, 0.3) is 0 Å². The summed E-state index contributed by atoms with van der Waals surface area (Å²) in [6.45, 7) is 12.6. The highest BCUT2D eigenvalue weighted by Crippen LogP contribution is 2.11. The Bertz CT molecular complexity index is 646. The normalized spacial score (nSPS) is 12.4. The molecular weight excluding hydrogens is 586 g/mol. The third-order valence-electron chi connectivity index (χ3n) is 5.24. The van der Waals surface area contributed by atoms with Crippen LogP contribution in [0.25, 0.3) is 0 Å². The van der Waals surface area contributed by atoms with Gasteiger partial charge in [-0.15, -0.1) is 0 Å². The summed E-state index contributed by atoms with van der Waals surface area (Å²) in [5, 5.41) is 0. The Morgan fingerprint density at radius 1 is 0.488 bits per heavy atom. The van der Waals surface area contributed by atoms with Gasteiger partial charge < -0.3 is 47.4 Å². The largest absolute Gasteiger partial charge is 0.382 e. The summed E-state index contributed by atoms with van der Waals surface area (Å²) < 4.78 is 77.5. The summed E-state index contributed by atoms with van der Waals surface area (Å²) in [5.74, 6) is 0.0404. The average Bonchev–Trinajstić information content (AvgIpc) is 2.95. The van der Waals surface area contributed by atoms with Gasteiger partial charge >= 0.3 is 0 Å². The number of nitrogens with one attached hydrogen (secondary N) is 1. The molecule has 0 amide bonds. The molecule has 0 radical (unpaired) electrons.